The van der Waals surface area contributed by atoms with Crippen molar-refractivity contribution in [3.05, 3.63) is 48.0 Å². The summed E-state index contributed by atoms with van der Waals surface area (Å²) in [4.78, 5) is 27.3. The molecule has 1 aliphatic rings. The van der Waals surface area contributed by atoms with E-state index in [1.807, 2.05) is 24.3 Å². The lowest BCUT2D eigenvalue weighted by Crippen LogP contribution is -2.60. The average Bonchev–Trinajstić information content (AvgIpc) is 3.26. The first-order valence-corrected chi connectivity index (χ1v) is 11.1. The number of nitrogens with two attached hydrogens (primary N) is 1. The fraction of sp³-hybridized carbons (Fsp3) is 0.500. The Balaban J connectivity index is 1.95. The van der Waals surface area contributed by atoms with E-state index in [0.717, 1.165) is 15.7 Å². The largest absolute Gasteiger partial charge is 0.416 e. The zero-order valence-corrected chi connectivity index (χ0v) is 18.7. The van der Waals surface area contributed by atoms with E-state index in [1.54, 1.807) is 32.0 Å². The predicted molar refractivity (Wildman–Crippen MR) is 119 cm³/mol. The van der Waals surface area contributed by atoms with Gasteiger partial charge in [-0.3, -0.25) is 9.59 Å². The number of amides is 2. The predicted octanol–water partition coefficient (Wildman–Crippen LogP) is 3.06. The molecule has 0 aromatic heterocycles. The summed E-state index contributed by atoms with van der Waals surface area (Å²) in [6.07, 6.45) is -7.70. The number of fused-ring (bicyclic) bond motifs is 1. The molecule has 3 rings (SSSR count). The van der Waals surface area contributed by atoms with Crippen molar-refractivity contribution in [3.8, 4) is 0 Å². The number of halogens is 3. The third-order valence-corrected chi connectivity index (χ3v) is 6.31. The van der Waals surface area contributed by atoms with Crippen LogP contribution in [0.4, 0.5) is 13.2 Å². The number of rotatable bonds is 8. The van der Waals surface area contributed by atoms with Crippen molar-refractivity contribution in [1.82, 2.24) is 9.80 Å². The molecule has 1 saturated heterocycles. The van der Waals surface area contributed by atoms with Crippen LogP contribution in [0.5, 0.6) is 0 Å². The lowest BCUT2D eigenvalue weighted by Gasteiger charge is -2.41. The molecule has 0 spiro atoms. The summed E-state index contributed by atoms with van der Waals surface area (Å²) in [5.74, 6) is -0.581. The minimum absolute atomic E-state index is 0.169. The highest BCUT2D eigenvalue weighted by Crippen LogP contribution is 2.31. The molecular formula is C24H30F3N3O3. The highest BCUT2D eigenvalue weighted by Gasteiger charge is 2.48. The van der Waals surface area contributed by atoms with E-state index in [-0.39, 0.29) is 12.3 Å². The monoisotopic (exact) mass is 465 g/mol. The minimum atomic E-state index is -4.94. The van der Waals surface area contributed by atoms with Crippen LogP contribution in [-0.4, -0.2) is 64.3 Å². The fourth-order valence-corrected chi connectivity index (χ4v) is 4.37. The van der Waals surface area contributed by atoms with E-state index in [0.29, 0.717) is 31.4 Å². The van der Waals surface area contributed by atoms with Crippen LogP contribution in [0.25, 0.3) is 10.8 Å². The van der Waals surface area contributed by atoms with Crippen molar-refractivity contribution < 1.29 is 27.9 Å². The number of benzene rings is 2. The molecule has 180 valence electrons. The van der Waals surface area contributed by atoms with Gasteiger partial charge in [-0.05, 0) is 41.5 Å². The Hall–Kier alpha value is -2.65. The maximum atomic E-state index is 13.6. The Kier molecular flexibility index (Phi) is 7.64. The molecule has 9 heteroatoms. The van der Waals surface area contributed by atoms with Gasteiger partial charge in [0, 0.05) is 6.54 Å². The van der Waals surface area contributed by atoms with Gasteiger partial charge < -0.3 is 20.6 Å². The number of nitrogens with zero attached hydrogens (tertiary/aromatic N) is 2. The number of aliphatic hydroxyl groups is 1. The first-order valence-electron chi connectivity index (χ1n) is 11.1. The van der Waals surface area contributed by atoms with Gasteiger partial charge in [0.05, 0.1) is 12.1 Å². The van der Waals surface area contributed by atoms with Crippen LogP contribution in [0.15, 0.2) is 42.5 Å². The highest BCUT2D eigenvalue weighted by molar-refractivity contribution is 5.83. The summed E-state index contributed by atoms with van der Waals surface area (Å²) >= 11 is 0. The molecule has 2 aromatic carbocycles. The summed E-state index contributed by atoms with van der Waals surface area (Å²) < 4.78 is 40.9. The van der Waals surface area contributed by atoms with Gasteiger partial charge in [-0.15, -0.1) is 0 Å². The highest BCUT2D eigenvalue weighted by atomic mass is 19.4. The molecule has 0 radical (unpaired) electrons. The Bertz CT molecular complexity index is 982. The Morgan fingerprint density at radius 1 is 1.24 bits per heavy atom. The van der Waals surface area contributed by atoms with Gasteiger partial charge in [0.2, 0.25) is 12.3 Å². The van der Waals surface area contributed by atoms with E-state index in [1.165, 1.54) is 4.90 Å². The molecule has 6 nitrogen and oxygen atoms in total. The molecule has 2 amide bonds. The molecule has 3 N–H and O–H groups in total. The van der Waals surface area contributed by atoms with Gasteiger partial charge >= 0.3 is 6.18 Å². The lowest BCUT2D eigenvalue weighted by molar-refractivity contribution is -0.224. The van der Waals surface area contributed by atoms with Crippen LogP contribution < -0.4 is 5.73 Å². The van der Waals surface area contributed by atoms with Crippen molar-refractivity contribution in [2.45, 2.75) is 63.6 Å². The topological polar surface area (TPSA) is 86.9 Å². The lowest BCUT2D eigenvalue weighted by atomic mass is 9.96. The molecule has 0 aliphatic carbocycles. The molecule has 1 heterocycles. The van der Waals surface area contributed by atoms with Crippen molar-refractivity contribution in [1.29, 1.82) is 0 Å². The van der Waals surface area contributed by atoms with E-state index in [2.05, 4.69) is 0 Å². The maximum Gasteiger partial charge on any atom is 0.416 e. The van der Waals surface area contributed by atoms with Crippen LogP contribution in [0, 0.1) is 5.92 Å². The maximum absolute atomic E-state index is 13.6. The molecular weight excluding hydrogens is 435 g/mol. The zero-order valence-electron chi connectivity index (χ0n) is 18.7. The van der Waals surface area contributed by atoms with Crippen LogP contribution in [-0.2, 0) is 16.0 Å². The second-order valence-corrected chi connectivity index (χ2v) is 8.92. The number of alkyl halides is 3. The van der Waals surface area contributed by atoms with Crippen LogP contribution >= 0.6 is 0 Å². The smallest absolute Gasteiger partial charge is 0.382 e. The number of hydrogen-bond acceptors (Lipinski definition) is 4. The third-order valence-electron chi connectivity index (χ3n) is 6.31. The van der Waals surface area contributed by atoms with E-state index in [4.69, 9.17) is 5.73 Å². The first-order chi connectivity index (χ1) is 15.5. The summed E-state index contributed by atoms with van der Waals surface area (Å²) in [5.41, 5.74) is 6.54. The minimum Gasteiger partial charge on any atom is -0.382 e. The molecule has 1 fully saturated rings. The molecule has 33 heavy (non-hydrogen) atoms. The quantitative estimate of drug-likeness (QED) is 0.587. The summed E-state index contributed by atoms with van der Waals surface area (Å²) in [6.45, 7) is 3.85. The number of likely N-dealkylation sites (tertiary alicyclic amines) is 1. The van der Waals surface area contributed by atoms with Gasteiger partial charge in [-0.2, -0.15) is 13.2 Å². The second kappa shape index (κ2) is 10.1. The van der Waals surface area contributed by atoms with E-state index in [9.17, 15) is 27.9 Å². The summed E-state index contributed by atoms with van der Waals surface area (Å²) in [6, 6.07) is 10.2. The number of carbonyl (C=O) groups excluding carboxylic acids is 2. The molecule has 2 aromatic rings. The van der Waals surface area contributed by atoms with Gasteiger partial charge in [0.15, 0.2) is 6.10 Å². The number of hydrogen-bond donors (Lipinski definition) is 2. The summed E-state index contributed by atoms with van der Waals surface area (Å²) in [5, 5.41) is 12.0. The summed E-state index contributed by atoms with van der Waals surface area (Å²) in [7, 11) is 0. The SMILES string of the molecule is CC(C)[C@H](N)C(=O)N1CCC[C@H]1N(C=O)[C@@H](Cc1ccc2ccccc2c1)[C@H](O)C(F)(F)F. The Morgan fingerprint density at radius 3 is 2.52 bits per heavy atom. The number of carbonyl (C=O) groups is 2. The molecule has 0 unspecified atom stereocenters. The normalized spacial score (nSPS) is 19.5. The van der Waals surface area contributed by atoms with E-state index < -0.39 is 36.4 Å². The van der Waals surface area contributed by atoms with Gasteiger partial charge in [-0.1, -0.05) is 56.3 Å². The van der Waals surface area contributed by atoms with Gasteiger partial charge in [0.25, 0.3) is 0 Å². The van der Waals surface area contributed by atoms with Crippen LogP contribution in [0.3, 0.4) is 0 Å². The standard InChI is InChI=1S/C24H30F3N3O3/c1-15(2)21(28)23(33)29-11-5-8-20(29)30(14-31)19(22(32)24(25,26)27)13-16-9-10-17-6-3-4-7-18(17)12-16/h3-4,6-7,9-10,12,14-15,19-22,32H,5,8,11,13,28H2,1-2H3/t19-,20+,21-,22-/m0/s1. The second-order valence-electron chi connectivity index (χ2n) is 8.92. The molecule has 4 atom stereocenters. The van der Waals surface area contributed by atoms with E-state index >= 15 is 0 Å². The van der Waals surface area contributed by atoms with Crippen LogP contribution in [0.2, 0.25) is 0 Å². The van der Waals surface area contributed by atoms with Crippen LogP contribution in [0.1, 0.15) is 32.3 Å². The Morgan fingerprint density at radius 2 is 1.91 bits per heavy atom. The van der Waals surface area contributed by atoms with Crippen molar-refractivity contribution in [3.63, 3.8) is 0 Å². The molecule has 1 aliphatic heterocycles. The molecule has 0 bridgehead atoms. The van der Waals surface area contributed by atoms with Gasteiger partial charge in [-0.25, -0.2) is 0 Å². The third kappa shape index (κ3) is 5.47. The first kappa shape index (κ1) is 25.0. The number of aliphatic hydroxyl groups excluding tert-OH is 1. The van der Waals surface area contributed by atoms with Crippen molar-refractivity contribution in [2.75, 3.05) is 6.54 Å². The fourth-order valence-electron chi connectivity index (χ4n) is 4.37. The molecule has 0 saturated carbocycles. The van der Waals surface area contributed by atoms with Crippen molar-refractivity contribution in [2.24, 2.45) is 11.7 Å². The van der Waals surface area contributed by atoms with Gasteiger partial charge in [0.1, 0.15) is 6.17 Å². The zero-order chi connectivity index (χ0) is 24.3. The average molecular weight is 466 g/mol. The van der Waals surface area contributed by atoms with Crippen molar-refractivity contribution >= 4 is 23.1 Å². The Labute approximate surface area is 191 Å².